The molecule has 0 aliphatic rings. The van der Waals surface area contributed by atoms with E-state index in [1.54, 1.807) is 6.92 Å². The second-order valence-corrected chi connectivity index (χ2v) is 3.90. The summed E-state index contributed by atoms with van der Waals surface area (Å²) in [4.78, 5) is 22.3. The second kappa shape index (κ2) is 6.35. The Balaban J connectivity index is 3.59. The number of ketones is 1. The van der Waals surface area contributed by atoms with Crippen LogP contribution in [0.3, 0.4) is 0 Å². The van der Waals surface area contributed by atoms with Crippen molar-refractivity contribution in [3.05, 3.63) is 12.2 Å². The van der Waals surface area contributed by atoms with E-state index in [0.29, 0.717) is 30.9 Å². The van der Waals surface area contributed by atoms with Gasteiger partial charge in [-0.2, -0.15) is 0 Å². The predicted octanol–water partition coefficient (Wildman–Crippen LogP) is 1.68. The molecule has 0 aliphatic heterocycles. The molecule has 0 atom stereocenters. The fraction of sp³-hybridized carbons (Fsp3) is 0.636. The number of amides is 1. The van der Waals surface area contributed by atoms with Crippen LogP contribution in [0, 0.1) is 5.92 Å². The summed E-state index contributed by atoms with van der Waals surface area (Å²) in [7, 11) is 0. The van der Waals surface area contributed by atoms with E-state index in [2.05, 4.69) is 11.9 Å². The van der Waals surface area contributed by atoms with Crippen molar-refractivity contribution in [2.45, 2.75) is 33.6 Å². The SMILES string of the molecule is C=C(C)C(=O)CCNC(=O)CC(C)C. The number of Topliss-reactive ketones (excluding diaryl/α,β-unsaturated/α-hetero) is 1. The molecule has 0 spiro atoms. The molecule has 1 amide bonds. The summed E-state index contributed by atoms with van der Waals surface area (Å²) in [6.07, 6.45) is 0.862. The number of hydrogen-bond donors (Lipinski definition) is 1. The van der Waals surface area contributed by atoms with Gasteiger partial charge in [-0.15, -0.1) is 0 Å². The van der Waals surface area contributed by atoms with Crippen molar-refractivity contribution in [3.63, 3.8) is 0 Å². The van der Waals surface area contributed by atoms with Gasteiger partial charge in [-0.1, -0.05) is 20.4 Å². The van der Waals surface area contributed by atoms with Crippen LogP contribution in [0.25, 0.3) is 0 Å². The Kier molecular flexibility index (Phi) is 5.84. The molecule has 0 aromatic carbocycles. The highest BCUT2D eigenvalue weighted by Crippen LogP contribution is 1.98. The fourth-order valence-corrected chi connectivity index (χ4v) is 0.972. The molecule has 0 rings (SSSR count). The van der Waals surface area contributed by atoms with Crippen LogP contribution in [0.1, 0.15) is 33.6 Å². The van der Waals surface area contributed by atoms with Crippen molar-refractivity contribution < 1.29 is 9.59 Å². The van der Waals surface area contributed by atoms with E-state index in [-0.39, 0.29) is 11.7 Å². The van der Waals surface area contributed by atoms with Gasteiger partial charge in [0.1, 0.15) is 0 Å². The van der Waals surface area contributed by atoms with Crippen molar-refractivity contribution in [2.24, 2.45) is 5.92 Å². The van der Waals surface area contributed by atoms with Crippen LogP contribution in [0.2, 0.25) is 0 Å². The minimum atomic E-state index is 0.00881. The maximum absolute atomic E-state index is 11.2. The molecule has 0 fully saturated rings. The van der Waals surface area contributed by atoms with Crippen molar-refractivity contribution in [2.75, 3.05) is 6.54 Å². The number of allylic oxidation sites excluding steroid dienone is 1. The third-order valence-electron chi connectivity index (χ3n) is 1.74. The Morgan fingerprint density at radius 1 is 1.36 bits per heavy atom. The first-order valence-corrected chi connectivity index (χ1v) is 4.89. The van der Waals surface area contributed by atoms with Crippen molar-refractivity contribution >= 4 is 11.7 Å². The average molecular weight is 197 g/mol. The minimum absolute atomic E-state index is 0.00881. The van der Waals surface area contributed by atoms with Crippen LogP contribution in [0.15, 0.2) is 12.2 Å². The number of nitrogens with one attached hydrogen (secondary N) is 1. The monoisotopic (exact) mass is 197 g/mol. The Bertz CT molecular complexity index is 231. The molecule has 80 valence electrons. The number of carbonyl (C=O) groups excluding carboxylic acids is 2. The zero-order valence-electron chi connectivity index (χ0n) is 9.22. The molecule has 1 N–H and O–H groups in total. The van der Waals surface area contributed by atoms with Gasteiger partial charge >= 0.3 is 0 Å². The highest BCUT2D eigenvalue weighted by atomic mass is 16.1. The second-order valence-electron chi connectivity index (χ2n) is 3.90. The molecule has 0 aromatic rings. The summed E-state index contributed by atoms with van der Waals surface area (Å²) in [6.45, 7) is 9.60. The number of carbonyl (C=O) groups is 2. The lowest BCUT2D eigenvalue weighted by molar-refractivity contribution is -0.121. The maximum atomic E-state index is 11.2. The van der Waals surface area contributed by atoms with Gasteiger partial charge in [-0.25, -0.2) is 0 Å². The summed E-state index contributed by atoms with van der Waals surface area (Å²) < 4.78 is 0. The Labute approximate surface area is 85.6 Å². The third kappa shape index (κ3) is 6.40. The van der Waals surface area contributed by atoms with E-state index in [9.17, 15) is 9.59 Å². The summed E-state index contributed by atoms with van der Waals surface area (Å²) in [5.74, 6) is 0.371. The van der Waals surface area contributed by atoms with Gasteiger partial charge in [0.2, 0.25) is 5.91 Å². The first kappa shape index (κ1) is 12.9. The summed E-state index contributed by atoms with van der Waals surface area (Å²) in [5.41, 5.74) is 0.545. The zero-order valence-corrected chi connectivity index (χ0v) is 9.22. The highest BCUT2D eigenvalue weighted by Gasteiger charge is 2.06. The van der Waals surface area contributed by atoms with Crippen molar-refractivity contribution in [3.8, 4) is 0 Å². The standard InChI is InChI=1S/C11H19NO2/c1-8(2)7-11(14)12-6-5-10(13)9(3)4/h8H,3,5-7H2,1-2,4H3,(H,12,14). The third-order valence-corrected chi connectivity index (χ3v) is 1.74. The molecule has 3 heteroatoms. The molecule has 0 bridgehead atoms. The lowest BCUT2D eigenvalue weighted by atomic mass is 10.1. The van der Waals surface area contributed by atoms with E-state index >= 15 is 0 Å². The molecule has 3 nitrogen and oxygen atoms in total. The normalized spacial score (nSPS) is 10.0. The van der Waals surface area contributed by atoms with Crippen LogP contribution in [-0.2, 0) is 9.59 Å². The fourth-order valence-electron chi connectivity index (χ4n) is 0.972. The van der Waals surface area contributed by atoms with Crippen LogP contribution in [0.4, 0.5) is 0 Å². The van der Waals surface area contributed by atoms with Crippen LogP contribution < -0.4 is 5.32 Å². The molecular formula is C11H19NO2. The van der Waals surface area contributed by atoms with E-state index in [1.807, 2.05) is 13.8 Å². The molecule has 0 saturated carbocycles. The van der Waals surface area contributed by atoms with Gasteiger partial charge in [-0.3, -0.25) is 9.59 Å². The molecule has 0 aliphatic carbocycles. The van der Waals surface area contributed by atoms with Gasteiger partial charge in [0, 0.05) is 19.4 Å². The van der Waals surface area contributed by atoms with Gasteiger partial charge < -0.3 is 5.32 Å². The molecule has 14 heavy (non-hydrogen) atoms. The van der Waals surface area contributed by atoms with E-state index < -0.39 is 0 Å². The van der Waals surface area contributed by atoms with Gasteiger partial charge in [0.25, 0.3) is 0 Å². The summed E-state index contributed by atoms with van der Waals surface area (Å²) >= 11 is 0. The quantitative estimate of drug-likeness (QED) is 0.658. The number of hydrogen-bond acceptors (Lipinski definition) is 2. The molecule has 0 unspecified atom stereocenters. The van der Waals surface area contributed by atoms with Crippen LogP contribution >= 0.6 is 0 Å². The predicted molar refractivity (Wildman–Crippen MR) is 56.9 cm³/mol. The van der Waals surface area contributed by atoms with Crippen LogP contribution in [0.5, 0.6) is 0 Å². The van der Waals surface area contributed by atoms with Crippen molar-refractivity contribution in [1.82, 2.24) is 5.32 Å². The first-order valence-electron chi connectivity index (χ1n) is 4.89. The van der Waals surface area contributed by atoms with E-state index in [1.165, 1.54) is 0 Å². The minimum Gasteiger partial charge on any atom is -0.356 e. The van der Waals surface area contributed by atoms with Gasteiger partial charge in [0.05, 0.1) is 0 Å². The number of rotatable bonds is 6. The average Bonchev–Trinajstić information content (AvgIpc) is 2.02. The van der Waals surface area contributed by atoms with E-state index in [4.69, 9.17) is 0 Å². The highest BCUT2D eigenvalue weighted by molar-refractivity contribution is 5.94. The Morgan fingerprint density at radius 3 is 2.36 bits per heavy atom. The molecule has 0 saturated heterocycles. The topological polar surface area (TPSA) is 46.2 Å². The Hall–Kier alpha value is -1.12. The lowest BCUT2D eigenvalue weighted by Gasteiger charge is -2.06. The molecule has 0 aromatic heterocycles. The first-order chi connectivity index (χ1) is 6.43. The van der Waals surface area contributed by atoms with Gasteiger partial charge in [0.15, 0.2) is 5.78 Å². The molecule has 0 heterocycles. The largest absolute Gasteiger partial charge is 0.356 e. The van der Waals surface area contributed by atoms with Crippen LogP contribution in [-0.4, -0.2) is 18.2 Å². The van der Waals surface area contributed by atoms with Gasteiger partial charge in [-0.05, 0) is 18.4 Å². The Morgan fingerprint density at radius 2 is 1.93 bits per heavy atom. The summed E-state index contributed by atoms with van der Waals surface area (Å²) in [5, 5.41) is 2.70. The maximum Gasteiger partial charge on any atom is 0.220 e. The van der Waals surface area contributed by atoms with Crippen molar-refractivity contribution in [1.29, 1.82) is 0 Å². The zero-order chi connectivity index (χ0) is 11.1. The smallest absolute Gasteiger partial charge is 0.220 e. The van der Waals surface area contributed by atoms with E-state index in [0.717, 1.165) is 0 Å². The summed E-state index contributed by atoms with van der Waals surface area (Å²) in [6, 6.07) is 0. The molecule has 0 radical (unpaired) electrons. The molecular weight excluding hydrogens is 178 g/mol. The lowest BCUT2D eigenvalue weighted by Crippen LogP contribution is -2.27.